The van der Waals surface area contributed by atoms with Crippen molar-refractivity contribution in [2.24, 2.45) is 5.41 Å². The predicted molar refractivity (Wildman–Crippen MR) is 63.0 cm³/mol. The Morgan fingerprint density at radius 2 is 1.61 bits per heavy atom. The van der Waals surface area contributed by atoms with Crippen LogP contribution in [-0.2, 0) is 19.1 Å². The Balaban J connectivity index is 5.37. The van der Waals surface area contributed by atoms with Crippen LogP contribution in [-0.4, -0.2) is 34.7 Å². The summed E-state index contributed by atoms with van der Waals surface area (Å²) in [5.74, 6) is -4.56. The molecule has 0 heterocycles. The second kappa shape index (κ2) is 6.32. The van der Waals surface area contributed by atoms with Crippen LogP contribution in [0.1, 0.15) is 20.3 Å². The standard InChI is InChI=1S/C12H18O6/c1-5-9(14)17-12(16,18-10(15)6-2)11(4,7-3)8-13/h5-6,13,16H,1-2,7-8H2,3-4H3. The van der Waals surface area contributed by atoms with Crippen molar-refractivity contribution in [1.82, 2.24) is 0 Å². The number of rotatable bonds is 7. The van der Waals surface area contributed by atoms with E-state index in [2.05, 4.69) is 22.6 Å². The molecule has 0 amide bonds. The molecule has 0 spiro atoms. The van der Waals surface area contributed by atoms with Gasteiger partial charge in [-0.25, -0.2) is 9.59 Å². The van der Waals surface area contributed by atoms with Crippen LogP contribution in [0, 0.1) is 5.41 Å². The van der Waals surface area contributed by atoms with E-state index >= 15 is 0 Å². The maximum absolute atomic E-state index is 11.2. The van der Waals surface area contributed by atoms with Gasteiger partial charge >= 0.3 is 17.9 Å². The Bertz CT molecular complexity index is 320. The van der Waals surface area contributed by atoms with Crippen molar-refractivity contribution in [3.05, 3.63) is 25.3 Å². The van der Waals surface area contributed by atoms with E-state index in [4.69, 9.17) is 0 Å². The lowest BCUT2D eigenvalue weighted by atomic mass is 9.85. The zero-order valence-corrected chi connectivity index (χ0v) is 10.5. The number of hydrogen-bond donors (Lipinski definition) is 2. The third-order valence-electron chi connectivity index (χ3n) is 2.70. The number of carbonyl (C=O) groups excluding carboxylic acids is 2. The topological polar surface area (TPSA) is 93.1 Å². The van der Waals surface area contributed by atoms with Gasteiger partial charge in [0.15, 0.2) is 0 Å². The molecule has 1 atom stereocenters. The Hall–Kier alpha value is -1.66. The first-order chi connectivity index (χ1) is 8.28. The van der Waals surface area contributed by atoms with Crippen LogP contribution < -0.4 is 0 Å². The van der Waals surface area contributed by atoms with Gasteiger partial charge < -0.3 is 19.7 Å². The monoisotopic (exact) mass is 258 g/mol. The molecule has 0 aliphatic heterocycles. The summed E-state index contributed by atoms with van der Waals surface area (Å²) >= 11 is 0. The SMILES string of the molecule is C=CC(=O)OC(O)(OC(=O)C=C)C(C)(CC)CO. The number of aliphatic hydroxyl groups is 2. The molecule has 18 heavy (non-hydrogen) atoms. The molecule has 0 aliphatic carbocycles. The van der Waals surface area contributed by atoms with E-state index in [1.165, 1.54) is 6.92 Å². The highest BCUT2D eigenvalue weighted by atomic mass is 16.8. The molecule has 0 aromatic rings. The van der Waals surface area contributed by atoms with E-state index in [0.29, 0.717) is 0 Å². The van der Waals surface area contributed by atoms with E-state index in [0.717, 1.165) is 12.2 Å². The fraction of sp³-hybridized carbons (Fsp3) is 0.500. The highest BCUT2D eigenvalue weighted by molar-refractivity contribution is 5.83. The first-order valence-electron chi connectivity index (χ1n) is 5.32. The van der Waals surface area contributed by atoms with Gasteiger partial charge in [0.05, 0.1) is 12.0 Å². The molecule has 0 bridgehead atoms. The van der Waals surface area contributed by atoms with Crippen molar-refractivity contribution in [3.8, 4) is 0 Å². The molecule has 2 N–H and O–H groups in total. The molecular formula is C12H18O6. The molecule has 0 rings (SSSR count). The third-order valence-corrected chi connectivity index (χ3v) is 2.70. The van der Waals surface area contributed by atoms with Crippen molar-refractivity contribution < 1.29 is 29.3 Å². The van der Waals surface area contributed by atoms with Gasteiger partial charge in [-0.1, -0.05) is 20.1 Å². The molecule has 102 valence electrons. The largest absolute Gasteiger partial charge is 0.395 e. The van der Waals surface area contributed by atoms with Gasteiger partial charge in [0.1, 0.15) is 0 Å². The summed E-state index contributed by atoms with van der Waals surface area (Å²) in [5, 5.41) is 19.5. The van der Waals surface area contributed by atoms with E-state index in [1.807, 2.05) is 0 Å². The number of esters is 2. The van der Waals surface area contributed by atoms with Crippen LogP contribution in [0.2, 0.25) is 0 Å². The minimum absolute atomic E-state index is 0.189. The maximum Gasteiger partial charge on any atom is 0.381 e. The Morgan fingerprint density at radius 3 is 1.83 bits per heavy atom. The molecule has 0 aliphatic rings. The van der Waals surface area contributed by atoms with Crippen molar-refractivity contribution in [1.29, 1.82) is 0 Å². The molecule has 0 radical (unpaired) electrons. The van der Waals surface area contributed by atoms with Crippen LogP contribution in [0.5, 0.6) is 0 Å². The first kappa shape index (κ1) is 16.3. The van der Waals surface area contributed by atoms with Crippen molar-refractivity contribution in [2.75, 3.05) is 6.61 Å². The highest BCUT2D eigenvalue weighted by Gasteiger charge is 2.53. The van der Waals surface area contributed by atoms with Crippen LogP contribution in [0.3, 0.4) is 0 Å². The second-order valence-electron chi connectivity index (χ2n) is 3.90. The molecule has 0 aromatic carbocycles. The quantitative estimate of drug-likeness (QED) is 0.392. The van der Waals surface area contributed by atoms with E-state index < -0.39 is 29.9 Å². The average molecular weight is 258 g/mol. The van der Waals surface area contributed by atoms with Gasteiger partial charge in [0, 0.05) is 12.2 Å². The molecule has 0 saturated heterocycles. The Labute approximate surface area is 106 Å². The smallest absolute Gasteiger partial charge is 0.381 e. The number of ether oxygens (including phenoxy) is 2. The van der Waals surface area contributed by atoms with Crippen molar-refractivity contribution in [2.45, 2.75) is 26.2 Å². The minimum Gasteiger partial charge on any atom is -0.395 e. The van der Waals surface area contributed by atoms with Crippen molar-refractivity contribution in [3.63, 3.8) is 0 Å². The average Bonchev–Trinajstić information content (AvgIpc) is 2.36. The summed E-state index contributed by atoms with van der Waals surface area (Å²) in [5.41, 5.74) is -1.37. The number of aliphatic hydroxyl groups excluding tert-OH is 1. The third kappa shape index (κ3) is 3.41. The lowest BCUT2D eigenvalue weighted by molar-refractivity contribution is -0.376. The first-order valence-corrected chi connectivity index (χ1v) is 5.32. The van der Waals surface area contributed by atoms with Gasteiger partial charge in [0.2, 0.25) is 0 Å². The van der Waals surface area contributed by atoms with Gasteiger partial charge in [-0.3, -0.25) is 0 Å². The number of carbonyl (C=O) groups is 2. The molecule has 1 unspecified atom stereocenters. The van der Waals surface area contributed by atoms with Gasteiger partial charge in [-0.15, -0.1) is 0 Å². The summed E-state index contributed by atoms with van der Waals surface area (Å²) in [6, 6.07) is 0. The van der Waals surface area contributed by atoms with E-state index in [9.17, 15) is 19.8 Å². The summed E-state index contributed by atoms with van der Waals surface area (Å²) in [6.45, 7) is 8.81. The predicted octanol–water partition coefficient (Wildman–Crippen LogP) is 0.499. The van der Waals surface area contributed by atoms with Crippen molar-refractivity contribution >= 4 is 11.9 Å². The zero-order valence-electron chi connectivity index (χ0n) is 10.5. The lowest BCUT2D eigenvalue weighted by Gasteiger charge is -2.39. The van der Waals surface area contributed by atoms with Crippen LogP contribution >= 0.6 is 0 Å². The second-order valence-corrected chi connectivity index (χ2v) is 3.90. The molecule has 0 aromatic heterocycles. The summed E-state index contributed by atoms with van der Waals surface area (Å²) in [6.07, 6.45) is 1.80. The van der Waals surface area contributed by atoms with Crippen LogP contribution in [0.15, 0.2) is 25.3 Å². The normalized spacial score (nSPS) is 14.2. The Morgan fingerprint density at radius 1 is 1.22 bits per heavy atom. The summed E-state index contributed by atoms with van der Waals surface area (Å²) in [4.78, 5) is 22.4. The molecule has 6 nitrogen and oxygen atoms in total. The van der Waals surface area contributed by atoms with Gasteiger partial charge in [-0.05, 0) is 13.3 Å². The van der Waals surface area contributed by atoms with E-state index in [1.54, 1.807) is 6.92 Å². The minimum atomic E-state index is -2.59. The number of hydrogen-bond acceptors (Lipinski definition) is 6. The summed E-state index contributed by atoms with van der Waals surface area (Å²) < 4.78 is 9.31. The fourth-order valence-corrected chi connectivity index (χ4v) is 1.06. The van der Waals surface area contributed by atoms with E-state index in [-0.39, 0.29) is 6.42 Å². The maximum atomic E-state index is 11.2. The highest BCUT2D eigenvalue weighted by Crippen LogP contribution is 2.36. The molecule has 6 heteroatoms. The van der Waals surface area contributed by atoms with Crippen LogP contribution in [0.4, 0.5) is 0 Å². The fourth-order valence-electron chi connectivity index (χ4n) is 1.06. The lowest BCUT2D eigenvalue weighted by Crippen LogP contribution is -2.54. The van der Waals surface area contributed by atoms with Gasteiger partial charge in [-0.2, -0.15) is 0 Å². The zero-order chi connectivity index (χ0) is 14.4. The molecule has 0 saturated carbocycles. The summed E-state index contributed by atoms with van der Waals surface area (Å²) in [7, 11) is 0. The molecular weight excluding hydrogens is 240 g/mol. The van der Waals surface area contributed by atoms with Gasteiger partial charge in [0.25, 0.3) is 0 Å². The molecule has 0 fully saturated rings. The van der Waals surface area contributed by atoms with Crippen LogP contribution in [0.25, 0.3) is 0 Å². The Kier molecular flexibility index (Phi) is 5.74.